The van der Waals surface area contributed by atoms with Crippen LogP contribution in [0.25, 0.3) is 0 Å². The molecule has 1 aromatic heterocycles. The molecule has 2 rings (SSSR count). The summed E-state index contributed by atoms with van der Waals surface area (Å²) in [6, 6.07) is 1.75. The second-order valence-corrected chi connectivity index (χ2v) is 5.52. The van der Waals surface area contributed by atoms with Crippen molar-refractivity contribution in [2.45, 2.75) is 38.5 Å². The van der Waals surface area contributed by atoms with Gasteiger partial charge < -0.3 is 11.1 Å². The molecular formula is C17H23N3O. The fraction of sp³-hybridized carbons (Fsp3) is 0.529. The summed E-state index contributed by atoms with van der Waals surface area (Å²) in [5, 5.41) is 2.95. The van der Waals surface area contributed by atoms with Crippen molar-refractivity contribution in [1.29, 1.82) is 0 Å². The molecule has 1 aliphatic rings. The highest BCUT2D eigenvalue weighted by molar-refractivity contribution is 5.94. The lowest BCUT2D eigenvalue weighted by molar-refractivity contribution is 0.0952. The third-order valence-electron chi connectivity index (χ3n) is 3.88. The van der Waals surface area contributed by atoms with Gasteiger partial charge in [-0.05, 0) is 24.8 Å². The number of nitrogens with zero attached hydrogens (tertiary/aromatic N) is 1. The van der Waals surface area contributed by atoms with E-state index in [-0.39, 0.29) is 5.91 Å². The van der Waals surface area contributed by atoms with Crippen LogP contribution in [-0.2, 0) is 0 Å². The van der Waals surface area contributed by atoms with Crippen molar-refractivity contribution < 1.29 is 4.79 Å². The summed E-state index contributed by atoms with van der Waals surface area (Å²) in [6.07, 6.45) is 11.0. The fourth-order valence-electron chi connectivity index (χ4n) is 2.78. The maximum Gasteiger partial charge on any atom is 0.252 e. The molecule has 4 nitrogen and oxygen atoms in total. The molecule has 0 saturated heterocycles. The third kappa shape index (κ3) is 5.20. The molecule has 4 heteroatoms. The van der Waals surface area contributed by atoms with E-state index in [0.29, 0.717) is 12.1 Å². The molecule has 112 valence electrons. The molecule has 1 aromatic rings. The molecule has 3 N–H and O–H groups in total. The normalized spacial score (nSPS) is 14.5. The van der Waals surface area contributed by atoms with E-state index < -0.39 is 0 Å². The average Bonchev–Trinajstić information content (AvgIpc) is 3.03. The molecule has 0 unspecified atom stereocenters. The van der Waals surface area contributed by atoms with Gasteiger partial charge in [0.15, 0.2) is 0 Å². The number of hydrogen-bond donors (Lipinski definition) is 2. The molecule has 21 heavy (non-hydrogen) atoms. The Bertz CT molecular complexity index is 524. The summed E-state index contributed by atoms with van der Waals surface area (Å²) < 4.78 is 0. The van der Waals surface area contributed by atoms with Crippen LogP contribution in [0.5, 0.6) is 0 Å². The van der Waals surface area contributed by atoms with Crippen molar-refractivity contribution in [3.8, 4) is 11.8 Å². The Hall–Kier alpha value is -1.86. The van der Waals surface area contributed by atoms with Crippen LogP contribution in [0.1, 0.15) is 54.4 Å². The van der Waals surface area contributed by atoms with Crippen LogP contribution in [0.15, 0.2) is 18.5 Å². The van der Waals surface area contributed by atoms with Crippen molar-refractivity contribution in [1.82, 2.24) is 10.3 Å². The van der Waals surface area contributed by atoms with Crippen LogP contribution in [0.2, 0.25) is 0 Å². The summed E-state index contributed by atoms with van der Waals surface area (Å²) >= 11 is 0. The number of aromatic nitrogens is 1. The minimum atomic E-state index is -0.0784. The van der Waals surface area contributed by atoms with Gasteiger partial charge in [0, 0.05) is 24.5 Å². The predicted molar refractivity (Wildman–Crippen MR) is 83.7 cm³/mol. The van der Waals surface area contributed by atoms with E-state index in [1.54, 1.807) is 18.5 Å². The van der Waals surface area contributed by atoms with E-state index in [9.17, 15) is 4.79 Å². The van der Waals surface area contributed by atoms with Gasteiger partial charge in [0.25, 0.3) is 5.91 Å². The molecule has 1 amide bonds. The van der Waals surface area contributed by atoms with Crippen molar-refractivity contribution in [2.24, 2.45) is 11.7 Å². The van der Waals surface area contributed by atoms with Crippen LogP contribution in [-0.4, -0.2) is 24.0 Å². The number of hydrogen-bond acceptors (Lipinski definition) is 3. The minimum Gasteiger partial charge on any atom is -0.352 e. The molecule has 0 radical (unpaired) electrons. The van der Waals surface area contributed by atoms with Gasteiger partial charge in [-0.2, -0.15) is 0 Å². The van der Waals surface area contributed by atoms with Crippen molar-refractivity contribution >= 4 is 5.91 Å². The number of pyridine rings is 1. The lowest BCUT2D eigenvalue weighted by Gasteiger charge is -2.09. The molecule has 0 aromatic carbocycles. The van der Waals surface area contributed by atoms with E-state index in [1.165, 1.54) is 32.1 Å². The van der Waals surface area contributed by atoms with E-state index in [1.807, 2.05) is 0 Å². The van der Waals surface area contributed by atoms with E-state index in [4.69, 9.17) is 5.73 Å². The summed E-state index contributed by atoms with van der Waals surface area (Å²) in [4.78, 5) is 16.1. The van der Waals surface area contributed by atoms with Gasteiger partial charge in [0.2, 0.25) is 0 Å². The van der Waals surface area contributed by atoms with Gasteiger partial charge in [-0.25, -0.2) is 0 Å². The lowest BCUT2D eigenvalue weighted by Crippen LogP contribution is -2.25. The van der Waals surface area contributed by atoms with E-state index >= 15 is 0 Å². The highest BCUT2D eigenvalue weighted by Gasteiger charge is 2.14. The summed E-state index contributed by atoms with van der Waals surface area (Å²) in [5.74, 6) is 6.44. The summed E-state index contributed by atoms with van der Waals surface area (Å²) in [5.41, 5.74) is 6.61. The second kappa shape index (κ2) is 8.43. The van der Waals surface area contributed by atoms with Gasteiger partial charge >= 0.3 is 0 Å². The molecule has 1 fully saturated rings. The molecule has 1 saturated carbocycles. The molecule has 0 spiro atoms. The summed E-state index contributed by atoms with van der Waals surface area (Å²) in [6.45, 7) is 1.03. The van der Waals surface area contributed by atoms with Gasteiger partial charge in [0.05, 0.1) is 12.1 Å². The van der Waals surface area contributed by atoms with Crippen molar-refractivity contribution in [3.63, 3.8) is 0 Å². The highest BCUT2D eigenvalue weighted by Crippen LogP contribution is 2.28. The zero-order valence-corrected chi connectivity index (χ0v) is 12.4. The van der Waals surface area contributed by atoms with Gasteiger partial charge in [-0.3, -0.25) is 9.78 Å². The molecule has 0 atom stereocenters. The Labute approximate surface area is 126 Å². The first kappa shape index (κ1) is 15.5. The largest absolute Gasteiger partial charge is 0.352 e. The quantitative estimate of drug-likeness (QED) is 0.643. The lowest BCUT2D eigenvalue weighted by atomic mass is 10.0. The zero-order chi connectivity index (χ0) is 14.9. The van der Waals surface area contributed by atoms with Crippen LogP contribution in [0.3, 0.4) is 0 Å². The topological polar surface area (TPSA) is 68.0 Å². The number of amides is 1. The molecule has 0 aliphatic heterocycles. The Balaban J connectivity index is 1.77. The maximum atomic E-state index is 12.0. The first-order chi connectivity index (χ1) is 10.3. The van der Waals surface area contributed by atoms with E-state index in [0.717, 1.165) is 24.4 Å². The van der Waals surface area contributed by atoms with Gasteiger partial charge in [0.1, 0.15) is 0 Å². The van der Waals surface area contributed by atoms with Crippen LogP contribution < -0.4 is 11.1 Å². The smallest absolute Gasteiger partial charge is 0.252 e. The van der Waals surface area contributed by atoms with Crippen LogP contribution >= 0.6 is 0 Å². The standard InChI is InChI=1S/C17H23N3O/c18-9-3-7-15-11-16(13-19-12-15)17(21)20-10-4-8-14-5-1-2-6-14/h11-14H,1-2,4-6,8-10,18H2,(H,20,21). The van der Waals surface area contributed by atoms with Crippen molar-refractivity contribution in [3.05, 3.63) is 29.6 Å². The Morgan fingerprint density at radius 1 is 1.38 bits per heavy atom. The Morgan fingerprint density at radius 2 is 2.19 bits per heavy atom. The van der Waals surface area contributed by atoms with Crippen LogP contribution in [0, 0.1) is 17.8 Å². The van der Waals surface area contributed by atoms with Gasteiger partial charge in [-0.15, -0.1) is 0 Å². The number of nitrogens with two attached hydrogens (primary N) is 1. The average molecular weight is 285 g/mol. The first-order valence-electron chi connectivity index (χ1n) is 7.72. The number of rotatable bonds is 5. The van der Waals surface area contributed by atoms with E-state index in [2.05, 4.69) is 22.1 Å². The zero-order valence-electron chi connectivity index (χ0n) is 12.4. The monoisotopic (exact) mass is 285 g/mol. The third-order valence-corrected chi connectivity index (χ3v) is 3.88. The first-order valence-corrected chi connectivity index (χ1v) is 7.72. The predicted octanol–water partition coefficient (Wildman–Crippen LogP) is 2.09. The molecule has 1 heterocycles. The Kier molecular flexibility index (Phi) is 6.23. The highest BCUT2D eigenvalue weighted by atomic mass is 16.1. The van der Waals surface area contributed by atoms with Crippen LogP contribution in [0.4, 0.5) is 0 Å². The number of carbonyl (C=O) groups is 1. The second-order valence-electron chi connectivity index (χ2n) is 5.52. The minimum absolute atomic E-state index is 0.0784. The maximum absolute atomic E-state index is 12.0. The molecule has 0 bridgehead atoms. The Morgan fingerprint density at radius 3 is 2.95 bits per heavy atom. The molecular weight excluding hydrogens is 262 g/mol. The molecule has 1 aliphatic carbocycles. The number of carbonyl (C=O) groups excluding carboxylic acids is 1. The van der Waals surface area contributed by atoms with Crippen molar-refractivity contribution in [2.75, 3.05) is 13.1 Å². The van der Waals surface area contributed by atoms with Gasteiger partial charge in [-0.1, -0.05) is 37.5 Å². The summed E-state index contributed by atoms with van der Waals surface area (Å²) in [7, 11) is 0. The fourth-order valence-corrected chi connectivity index (χ4v) is 2.78. The number of nitrogens with one attached hydrogen (secondary N) is 1. The SMILES string of the molecule is NCC#Cc1cncc(C(=O)NCCCC2CCCC2)c1.